The van der Waals surface area contributed by atoms with Crippen molar-refractivity contribution in [2.24, 2.45) is 10.7 Å². The first-order valence-electron chi connectivity index (χ1n) is 5.43. The first-order chi connectivity index (χ1) is 6.61. The Labute approximate surface area is 85.6 Å². The molecule has 4 nitrogen and oxygen atoms in total. The molecule has 0 aromatic heterocycles. The molecule has 2 rings (SSSR count). The highest BCUT2D eigenvalue weighted by molar-refractivity contribution is 5.80. The Bertz CT molecular complexity index is 239. The largest absolute Gasteiger partial charge is 0.370 e. The average Bonchev–Trinajstić information content (AvgIpc) is 2.48. The van der Waals surface area contributed by atoms with Gasteiger partial charge in [-0.05, 0) is 26.7 Å². The second-order valence-corrected chi connectivity index (χ2v) is 4.74. The first-order valence-corrected chi connectivity index (χ1v) is 5.43. The molecule has 3 N–H and O–H groups in total. The number of guanidine groups is 1. The van der Waals surface area contributed by atoms with E-state index in [0.717, 1.165) is 32.5 Å². The number of piperidine rings is 1. The maximum absolute atomic E-state index is 5.66. The van der Waals surface area contributed by atoms with Crippen molar-refractivity contribution >= 4 is 5.96 Å². The van der Waals surface area contributed by atoms with Crippen LogP contribution in [0.4, 0.5) is 0 Å². The van der Waals surface area contributed by atoms with Gasteiger partial charge in [-0.2, -0.15) is 0 Å². The molecule has 1 saturated heterocycles. The molecule has 0 atom stereocenters. The highest BCUT2D eigenvalue weighted by Crippen LogP contribution is 2.26. The number of likely N-dealkylation sites (tertiary alicyclic amines) is 1. The molecule has 2 aliphatic heterocycles. The van der Waals surface area contributed by atoms with E-state index in [-0.39, 0.29) is 5.54 Å². The van der Waals surface area contributed by atoms with Crippen LogP contribution in [-0.2, 0) is 0 Å². The molecular formula is C10H20N4. The molecule has 1 spiro atoms. The van der Waals surface area contributed by atoms with Gasteiger partial charge in [0.1, 0.15) is 0 Å². The average molecular weight is 196 g/mol. The number of rotatable bonds is 1. The van der Waals surface area contributed by atoms with E-state index in [0.29, 0.717) is 12.0 Å². The molecule has 0 bridgehead atoms. The van der Waals surface area contributed by atoms with Crippen LogP contribution < -0.4 is 11.1 Å². The maximum atomic E-state index is 5.66. The normalized spacial score (nSPS) is 26.6. The second-order valence-electron chi connectivity index (χ2n) is 4.74. The van der Waals surface area contributed by atoms with Crippen LogP contribution in [0, 0.1) is 0 Å². The maximum Gasteiger partial charge on any atom is 0.189 e. The van der Waals surface area contributed by atoms with Crippen LogP contribution in [0.3, 0.4) is 0 Å². The number of nitrogens with zero attached hydrogens (tertiary/aromatic N) is 2. The zero-order chi connectivity index (χ0) is 10.2. The minimum Gasteiger partial charge on any atom is -0.370 e. The van der Waals surface area contributed by atoms with E-state index in [9.17, 15) is 0 Å². The van der Waals surface area contributed by atoms with Gasteiger partial charge in [0.25, 0.3) is 0 Å². The third kappa shape index (κ3) is 1.71. The summed E-state index contributed by atoms with van der Waals surface area (Å²) in [6.45, 7) is 7.70. The van der Waals surface area contributed by atoms with Gasteiger partial charge < -0.3 is 16.0 Å². The molecule has 2 heterocycles. The number of aliphatic imine (C=N–C) groups is 1. The quantitative estimate of drug-likeness (QED) is 0.627. The Kier molecular flexibility index (Phi) is 2.39. The van der Waals surface area contributed by atoms with Crippen molar-refractivity contribution in [3.63, 3.8) is 0 Å². The lowest BCUT2D eigenvalue weighted by atomic mass is 9.88. The van der Waals surface area contributed by atoms with Crippen LogP contribution in [-0.4, -0.2) is 42.1 Å². The number of hydrogen-bond acceptors (Lipinski definition) is 4. The van der Waals surface area contributed by atoms with Crippen LogP contribution in [0.5, 0.6) is 0 Å². The molecule has 0 saturated carbocycles. The fraction of sp³-hybridized carbons (Fsp3) is 0.900. The van der Waals surface area contributed by atoms with E-state index in [1.807, 2.05) is 0 Å². The van der Waals surface area contributed by atoms with Gasteiger partial charge in [-0.15, -0.1) is 0 Å². The topological polar surface area (TPSA) is 53.6 Å². The Morgan fingerprint density at radius 1 is 1.43 bits per heavy atom. The third-order valence-electron chi connectivity index (χ3n) is 3.43. The lowest BCUT2D eigenvalue weighted by molar-refractivity contribution is 0.130. The van der Waals surface area contributed by atoms with Gasteiger partial charge in [0, 0.05) is 19.1 Å². The summed E-state index contributed by atoms with van der Waals surface area (Å²) >= 11 is 0. The molecule has 0 aromatic carbocycles. The molecule has 4 heteroatoms. The summed E-state index contributed by atoms with van der Waals surface area (Å²) in [4.78, 5) is 6.76. The Balaban J connectivity index is 1.90. The second kappa shape index (κ2) is 3.42. The van der Waals surface area contributed by atoms with Gasteiger partial charge in [0.2, 0.25) is 0 Å². The van der Waals surface area contributed by atoms with Crippen molar-refractivity contribution in [1.82, 2.24) is 10.2 Å². The molecule has 0 aromatic rings. The van der Waals surface area contributed by atoms with Gasteiger partial charge in [0.15, 0.2) is 5.96 Å². The van der Waals surface area contributed by atoms with Crippen LogP contribution in [0.25, 0.3) is 0 Å². The predicted molar refractivity (Wildman–Crippen MR) is 58.3 cm³/mol. The first kappa shape index (κ1) is 9.77. The van der Waals surface area contributed by atoms with Crippen LogP contribution in [0.1, 0.15) is 26.7 Å². The zero-order valence-corrected chi connectivity index (χ0v) is 9.08. The predicted octanol–water partition coefficient (Wildman–Crippen LogP) is 0.147. The van der Waals surface area contributed by atoms with Crippen LogP contribution in [0.15, 0.2) is 4.99 Å². The Morgan fingerprint density at radius 3 is 2.50 bits per heavy atom. The minimum absolute atomic E-state index is 0.190. The van der Waals surface area contributed by atoms with Gasteiger partial charge in [-0.1, -0.05) is 0 Å². The molecule has 2 aliphatic rings. The van der Waals surface area contributed by atoms with Crippen molar-refractivity contribution in [2.45, 2.75) is 38.3 Å². The molecule has 0 amide bonds. The van der Waals surface area contributed by atoms with Gasteiger partial charge in [0.05, 0.1) is 12.1 Å². The summed E-state index contributed by atoms with van der Waals surface area (Å²) in [6.07, 6.45) is 2.32. The lowest BCUT2D eigenvalue weighted by Crippen LogP contribution is -2.55. The summed E-state index contributed by atoms with van der Waals surface area (Å²) in [6, 6.07) is 0.659. The van der Waals surface area contributed by atoms with E-state index in [1.165, 1.54) is 0 Å². The van der Waals surface area contributed by atoms with Gasteiger partial charge in [-0.25, -0.2) is 0 Å². The van der Waals surface area contributed by atoms with Crippen LogP contribution in [0.2, 0.25) is 0 Å². The summed E-state index contributed by atoms with van der Waals surface area (Å²) in [5.41, 5.74) is 5.85. The van der Waals surface area contributed by atoms with Gasteiger partial charge >= 0.3 is 0 Å². The van der Waals surface area contributed by atoms with E-state index >= 15 is 0 Å². The molecule has 0 aliphatic carbocycles. The highest BCUT2D eigenvalue weighted by atomic mass is 15.2. The van der Waals surface area contributed by atoms with Crippen molar-refractivity contribution in [2.75, 3.05) is 19.6 Å². The number of hydrogen-bond donors (Lipinski definition) is 2. The molecule has 1 fully saturated rings. The Morgan fingerprint density at radius 2 is 2.07 bits per heavy atom. The minimum atomic E-state index is 0.190. The van der Waals surface area contributed by atoms with Crippen molar-refractivity contribution in [3.8, 4) is 0 Å². The fourth-order valence-corrected chi connectivity index (χ4v) is 2.34. The SMILES string of the molecule is CC(C)N1CCC2(CC1)CN=C(N)N2. The van der Waals surface area contributed by atoms with Crippen molar-refractivity contribution < 1.29 is 0 Å². The smallest absolute Gasteiger partial charge is 0.189 e. The van der Waals surface area contributed by atoms with E-state index in [1.54, 1.807) is 0 Å². The van der Waals surface area contributed by atoms with Crippen molar-refractivity contribution in [3.05, 3.63) is 0 Å². The molecule has 14 heavy (non-hydrogen) atoms. The highest BCUT2D eigenvalue weighted by Gasteiger charge is 2.38. The summed E-state index contributed by atoms with van der Waals surface area (Å²) < 4.78 is 0. The number of nitrogens with one attached hydrogen (secondary N) is 1. The summed E-state index contributed by atoms with van der Waals surface area (Å²) in [5.74, 6) is 0.628. The van der Waals surface area contributed by atoms with Crippen LogP contribution >= 0.6 is 0 Å². The van der Waals surface area contributed by atoms with E-state index < -0.39 is 0 Å². The molecule has 80 valence electrons. The number of nitrogens with two attached hydrogens (primary N) is 1. The molecule has 0 radical (unpaired) electrons. The zero-order valence-electron chi connectivity index (χ0n) is 9.08. The third-order valence-corrected chi connectivity index (χ3v) is 3.43. The monoisotopic (exact) mass is 196 g/mol. The van der Waals surface area contributed by atoms with E-state index in [4.69, 9.17) is 5.73 Å². The Hall–Kier alpha value is -0.770. The van der Waals surface area contributed by atoms with E-state index in [2.05, 4.69) is 29.1 Å². The summed E-state index contributed by atoms with van der Waals surface area (Å²) in [5, 5.41) is 3.33. The van der Waals surface area contributed by atoms with Gasteiger partial charge in [-0.3, -0.25) is 4.99 Å². The standard InChI is InChI=1S/C10H20N4/c1-8(2)14-5-3-10(4-6-14)7-12-9(11)13-10/h8H,3-7H2,1-2H3,(H3,11,12,13). The van der Waals surface area contributed by atoms with Crippen molar-refractivity contribution in [1.29, 1.82) is 0 Å². The summed E-state index contributed by atoms with van der Waals surface area (Å²) in [7, 11) is 0. The molecule has 0 unspecified atom stereocenters. The lowest BCUT2D eigenvalue weighted by Gasteiger charge is -2.40. The fourth-order valence-electron chi connectivity index (χ4n) is 2.34. The molecular weight excluding hydrogens is 176 g/mol.